The second-order valence-corrected chi connectivity index (χ2v) is 9.92. The Bertz CT molecular complexity index is 765. The molecule has 0 spiro atoms. The summed E-state index contributed by atoms with van der Waals surface area (Å²) < 4.78 is 27.0. The summed E-state index contributed by atoms with van der Waals surface area (Å²) in [6.45, 7) is 7.82. The van der Waals surface area contributed by atoms with E-state index in [4.69, 9.17) is 0 Å². The first-order valence-electron chi connectivity index (χ1n) is 9.97. The third-order valence-electron chi connectivity index (χ3n) is 5.49. The zero-order valence-corrected chi connectivity index (χ0v) is 17.8. The molecule has 9 heteroatoms. The SMILES string of the molecule is CC(C)C(=O)N1CCC(Nc2ccc(S(=O)(=O)N3CCN(C)CC3)cn2)CC1. The maximum absolute atomic E-state index is 12.8. The van der Waals surface area contributed by atoms with Gasteiger partial charge in [-0.3, -0.25) is 4.79 Å². The van der Waals surface area contributed by atoms with Crippen molar-refractivity contribution in [3.63, 3.8) is 0 Å². The maximum atomic E-state index is 12.8. The van der Waals surface area contributed by atoms with E-state index in [2.05, 4.69) is 15.2 Å². The number of likely N-dealkylation sites (tertiary alicyclic amines) is 1. The number of anilines is 1. The molecule has 3 rings (SSSR count). The molecule has 156 valence electrons. The monoisotopic (exact) mass is 409 g/mol. The van der Waals surface area contributed by atoms with Crippen LogP contribution in [0.2, 0.25) is 0 Å². The van der Waals surface area contributed by atoms with E-state index in [-0.39, 0.29) is 22.8 Å². The summed E-state index contributed by atoms with van der Waals surface area (Å²) in [5.74, 6) is 0.905. The van der Waals surface area contributed by atoms with Crippen LogP contribution in [0.3, 0.4) is 0 Å². The van der Waals surface area contributed by atoms with Gasteiger partial charge in [0.15, 0.2) is 0 Å². The Morgan fingerprint density at radius 2 is 1.75 bits per heavy atom. The van der Waals surface area contributed by atoms with Crippen molar-refractivity contribution < 1.29 is 13.2 Å². The first-order valence-corrected chi connectivity index (χ1v) is 11.4. The minimum absolute atomic E-state index is 0.0287. The largest absolute Gasteiger partial charge is 0.367 e. The highest BCUT2D eigenvalue weighted by Gasteiger charge is 2.28. The Balaban J connectivity index is 1.56. The molecule has 0 bridgehead atoms. The number of hydrogen-bond donors (Lipinski definition) is 1. The number of aromatic nitrogens is 1. The molecule has 0 saturated carbocycles. The first kappa shape index (κ1) is 21.0. The van der Waals surface area contributed by atoms with E-state index in [1.807, 2.05) is 25.8 Å². The molecule has 1 amide bonds. The number of nitrogens with zero attached hydrogens (tertiary/aromatic N) is 4. The van der Waals surface area contributed by atoms with E-state index in [9.17, 15) is 13.2 Å². The standard InChI is InChI=1S/C19H31N5O3S/c1-15(2)19(25)23-8-6-16(7-9-23)21-18-5-4-17(14-20-18)28(26,27)24-12-10-22(3)11-13-24/h4-5,14-16H,6-13H2,1-3H3,(H,20,21). The number of amides is 1. The lowest BCUT2D eigenvalue weighted by Crippen LogP contribution is -2.47. The number of rotatable bonds is 5. The van der Waals surface area contributed by atoms with Crippen molar-refractivity contribution in [2.45, 2.75) is 37.6 Å². The Hall–Kier alpha value is -1.71. The van der Waals surface area contributed by atoms with Crippen molar-refractivity contribution in [2.24, 2.45) is 5.92 Å². The Morgan fingerprint density at radius 3 is 2.29 bits per heavy atom. The molecule has 0 radical (unpaired) electrons. The van der Waals surface area contributed by atoms with E-state index < -0.39 is 10.0 Å². The van der Waals surface area contributed by atoms with Crippen LogP contribution < -0.4 is 5.32 Å². The van der Waals surface area contributed by atoms with Crippen molar-refractivity contribution in [3.8, 4) is 0 Å². The first-order chi connectivity index (χ1) is 13.3. The number of piperazine rings is 1. The van der Waals surface area contributed by atoms with Crippen molar-refractivity contribution in [3.05, 3.63) is 18.3 Å². The van der Waals surface area contributed by atoms with Gasteiger partial charge in [-0.1, -0.05) is 13.8 Å². The molecule has 2 fully saturated rings. The predicted molar refractivity (Wildman–Crippen MR) is 109 cm³/mol. The van der Waals surface area contributed by atoms with Crippen LogP contribution in [0, 0.1) is 5.92 Å². The van der Waals surface area contributed by atoms with Gasteiger partial charge in [0.25, 0.3) is 0 Å². The van der Waals surface area contributed by atoms with Gasteiger partial charge in [0, 0.05) is 57.4 Å². The number of nitrogens with one attached hydrogen (secondary N) is 1. The summed E-state index contributed by atoms with van der Waals surface area (Å²) in [4.78, 5) is 20.7. The average molecular weight is 410 g/mol. The Kier molecular flexibility index (Phi) is 6.57. The molecule has 2 saturated heterocycles. The van der Waals surface area contributed by atoms with Crippen LogP contribution in [-0.4, -0.2) is 85.8 Å². The number of pyridine rings is 1. The van der Waals surface area contributed by atoms with Crippen molar-refractivity contribution in [1.82, 2.24) is 19.1 Å². The zero-order valence-electron chi connectivity index (χ0n) is 17.0. The number of carbonyl (C=O) groups excluding carboxylic acids is 1. The van der Waals surface area contributed by atoms with Gasteiger partial charge < -0.3 is 15.1 Å². The second kappa shape index (κ2) is 8.75. The molecular formula is C19H31N5O3S. The summed E-state index contributed by atoms with van der Waals surface area (Å²) in [7, 11) is -1.49. The van der Waals surface area contributed by atoms with E-state index in [0.717, 1.165) is 39.0 Å². The average Bonchev–Trinajstić information content (AvgIpc) is 2.69. The fourth-order valence-corrected chi connectivity index (χ4v) is 4.98. The summed E-state index contributed by atoms with van der Waals surface area (Å²) in [5.41, 5.74) is 0. The summed E-state index contributed by atoms with van der Waals surface area (Å²) in [6, 6.07) is 3.60. The number of hydrogen-bond acceptors (Lipinski definition) is 6. The second-order valence-electron chi connectivity index (χ2n) is 7.99. The summed E-state index contributed by atoms with van der Waals surface area (Å²) in [5, 5.41) is 3.37. The molecule has 0 unspecified atom stereocenters. The molecule has 28 heavy (non-hydrogen) atoms. The van der Waals surface area contributed by atoms with E-state index in [1.54, 1.807) is 12.1 Å². The fourth-order valence-electron chi connectivity index (χ4n) is 3.61. The van der Waals surface area contributed by atoms with Crippen LogP contribution in [0.4, 0.5) is 5.82 Å². The van der Waals surface area contributed by atoms with Crippen molar-refractivity contribution >= 4 is 21.7 Å². The molecule has 2 aliphatic heterocycles. The number of sulfonamides is 1. The highest BCUT2D eigenvalue weighted by molar-refractivity contribution is 7.89. The fraction of sp³-hybridized carbons (Fsp3) is 0.684. The quantitative estimate of drug-likeness (QED) is 0.783. The zero-order chi connectivity index (χ0) is 20.3. The van der Waals surface area contributed by atoms with Gasteiger partial charge in [0.05, 0.1) is 0 Å². The van der Waals surface area contributed by atoms with Crippen molar-refractivity contribution in [1.29, 1.82) is 0 Å². The lowest BCUT2D eigenvalue weighted by molar-refractivity contribution is -0.135. The third kappa shape index (κ3) is 4.82. The molecule has 8 nitrogen and oxygen atoms in total. The Labute approximate surface area is 168 Å². The van der Waals surface area contributed by atoms with Gasteiger partial charge >= 0.3 is 0 Å². The molecule has 0 aliphatic carbocycles. The third-order valence-corrected chi connectivity index (χ3v) is 7.37. The number of carbonyl (C=O) groups is 1. The van der Waals surface area contributed by atoms with Crippen LogP contribution in [0.1, 0.15) is 26.7 Å². The molecule has 0 atom stereocenters. The van der Waals surface area contributed by atoms with Gasteiger partial charge in [-0.25, -0.2) is 13.4 Å². The van der Waals surface area contributed by atoms with Crippen LogP contribution in [0.25, 0.3) is 0 Å². The minimum atomic E-state index is -3.49. The highest BCUT2D eigenvalue weighted by Crippen LogP contribution is 2.20. The van der Waals surface area contributed by atoms with Crippen molar-refractivity contribution in [2.75, 3.05) is 51.6 Å². The van der Waals surface area contributed by atoms with Gasteiger partial charge in [-0.2, -0.15) is 4.31 Å². The van der Waals surface area contributed by atoms with Gasteiger partial charge in [-0.05, 0) is 32.0 Å². The number of likely N-dealkylation sites (N-methyl/N-ethyl adjacent to an activating group) is 1. The smallest absolute Gasteiger partial charge is 0.244 e. The number of piperidine rings is 1. The molecular weight excluding hydrogens is 378 g/mol. The van der Waals surface area contributed by atoms with Crippen LogP contribution >= 0.6 is 0 Å². The molecule has 1 N–H and O–H groups in total. The van der Waals surface area contributed by atoms with Gasteiger partial charge in [0.2, 0.25) is 15.9 Å². The lowest BCUT2D eigenvalue weighted by Gasteiger charge is -2.33. The van der Waals surface area contributed by atoms with E-state index >= 15 is 0 Å². The highest BCUT2D eigenvalue weighted by atomic mass is 32.2. The normalized spacial score (nSPS) is 20.5. The molecule has 2 aliphatic rings. The molecule has 3 heterocycles. The maximum Gasteiger partial charge on any atom is 0.244 e. The topological polar surface area (TPSA) is 85.8 Å². The van der Waals surface area contributed by atoms with E-state index in [1.165, 1.54) is 10.5 Å². The lowest BCUT2D eigenvalue weighted by atomic mass is 10.0. The molecule has 1 aromatic heterocycles. The summed E-state index contributed by atoms with van der Waals surface area (Å²) >= 11 is 0. The Morgan fingerprint density at radius 1 is 1.11 bits per heavy atom. The van der Waals surface area contributed by atoms with Gasteiger partial charge in [-0.15, -0.1) is 0 Å². The van der Waals surface area contributed by atoms with Crippen LogP contribution in [0.5, 0.6) is 0 Å². The summed E-state index contributed by atoms with van der Waals surface area (Å²) in [6.07, 6.45) is 3.16. The molecule has 1 aromatic rings. The predicted octanol–water partition coefficient (Wildman–Crippen LogP) is 1.08. The van der Waals surface area contributed by atoms with Gasteiger partial charge in [0.1, 0.15) is 10.7 Å². The van der Waals surface area contributed by atoms with E-state index in [0.29, 0.717) is 18.9 Å². The minimum Gasteiger partial charge on any atom is -0.367 e. The molecule has 0 aromatic carbocycles. The van der Waals surface area contributed by atoms with Crippen LogP contribution in [-0.2, 0) is 14.8 Å². The van der Waals surface area contributed by atoms with Crippen LogP contribution in [0.15, 0.2) is 23.2 Å².